The molecule has 0 aliphatic heterocycles. The van der Waals surface area contributed by atoms with Gasteiger partial charge in [-0.1, -0.05) is 45.7 Å². The van der Waals surface area contributed by atoms with E-state index in [-0.39, 0.29) is 35.6 Å². The highest BCUT2D eigenvalue weighted by atomic mass is 16.2. The lowest BCUT2D eigenvalue weighted by molar-refractivity contribution is -0.127. The second-order valence-corrected chi connectivity index (χ2v) is 11.2. The largest absolute Gasteiger partial charge is 0.353 e. The average molecular weight is 468 g/mol. The quantitative estimate of drug-likeness (QED) is 0.702. The molecule has 2 saturated carbocycles. The number of nitrogens with one attached hydrogen (secondary N) is 1. The number of carbonyl (C=O) groups excluding carboxylic acids is 2. The van der Waals surface area contributed by atoms with Crippen LogP contribution in [0.1, 0.15) is 72.1 Å². The monoisotopic (exact) mass is 467 g/mol. The maximum Gasteiger partial charge on any atom is 0.331 e. The lowest BCUT2D eigenvalue weighted by Gasteiger charge is -2.29. The maximum absolute atomic E-state index is 13.4. The molecule has 1 heterocycles. The van der Waals surface area contributed by atoms with Crippen molar-refractivity contribution < 1.29 is 9.59 Å². The molecule has 4 rings (SSSR count). The van der Waals surface area contributed by atoms with Crippen LogP contribution in [0, 0.1) is 17.3 Å². The zero-order valence-corrected chi connectivity index (χ0v) is 20.6. The van der Waals surface area contributed by atoms with Crippen LogP contribution >= 0.6 is 0 Å². The molecule has 1 N–H and O–H groups in total. The normalized spacial score (nSPS) is 21.6. The van der Waals surface area contributed by atoms with Crippen molar-refractivity contribution in [1.29, 1.82) is 0 Å². The molecule has 0 unspecified atom stereocenters. The number of nitrogens with zero attached hydrogens (tertiary/aromatic N) is 2. The summed E-state index contributed by atoms with van der Waals surface area (Å²) in [5.41, 5.74) is -0.818. The van der Waals surface area contributed by atoms with Gasteiger partial charge in [0.05, 0.1) is 17.4 Å². The first-order chi connectivity index (χ1) is 16.1. The first kappa shape index (κ1) is 24.4. The molecular formula is C27H37N3O4. The fraction of sp³-hybridized carbons (Fsp3) is 0.630. The molecule has 2 aliphatic carbocycles. The van der Waals surface area contributed by atoms with Crippen LogP contribution in [0.5, 0.6) is 0 Å². The Morgan fingerprint density at radius 2 is 1.59 bits per heavy atom. The number of hydrogen-bond donors (Lipinski definition) is 1. The van der Waals surface area contributed by atoms with Gasteiger partial charge in [-0.05, 0) is 56.6 Å². The van der Waals surface area contributed by atoms with Crippen molar-refractivity contribution in [3.05, 3.63) is 45.1 Å². The molecule has 2 aromatic rings. The Labute approximate surface area is 200 Å². The van der Waals surface area contributed by atoms with Gasteiger partial charge in [0, 0.05) is 23.9 Å². The van der Waals surface area contributed by atoms with E-state index in [1.807, 2.05) is 20.8 Å². The summed E-state index contributed by atoms with van der Waals surface area (Å²) >= 11 is 0. The van der Waals surface area contributed by atoms with E-state index in [0.29, 0.717) is 23.5 Å². The highest BCUT2D eigenvalue weighted by Crippen LogP contribution is 2.30. The Kier molecular flexibility index (Phi) is 7.10. The molecule has 0 bridgehead atoms. The first-order valence-electron chi connectivity index (χ1n) is 12.7. The molecule has 1 aromatic heterocycles. The summed E-state index contributed by atoms with van der Waals surface area (Å²) in [6.07, 6.45) is 7.72. The average Bonchev–Trinajstić information content (AvgIpc) is 3.32. The van der Waals surface area contributed by atoms with Gasteiger partial charge < -0.3 is 5.32 Å². The highest BCUT2D eigenvalue weighted by Gasteiger charge is 2.30. The summed E-state index contributed by atoms with van der Waals surface area (Å²) in [5.74, 6) is 0.287. The summed E-state index contributed by atoms with van der Waals surface area (Å²) in [7, 11) is 0. The molecule has 0 radical (unpaired) electrons. The molecule has 2 fully saturated rings. The predicted molar refractivity (Wildman–Crippen MR) is 133 cm³/mol. The standard InChI is InChI=1S/C27H37N3O4/c1-27(2,3)23(31)17-29-22-11-7-6-10-21(22)25(33)30(26(29)34)16-18-12-14-19(15-13-18)24(32)28-20-8-4-5-9-20/h6-7,10-11,18-20H,4-5,8-9,12-17H2,1-3H3,(H,28,32). The lowest BCUT2D eigenvalue weighted by Crippen LogP contribution is -2.44. The van der Waals surface area contributed by atoms with Crippen LogP contribution in [-0.4, -0.2) is 26.9 Å². The van der Waals surface area contributed by atoms with Crippen molar-refractivity contribution in [1.82, 2.24) is 14.5 Å². The number of rotatable bonds is 6. The highest BCUT2D eigenvalue weighted by molar-refractivity contribution is 5.86. The minimum absolute atomic E-state index is 0.0197. The molecule has 0 spiro atoms. The van der Waals surface area contributed by atoms with Crippen LogP contribution in [-0.2, 0) is 22.7 Å². The number of fused-ring (bicyclic) bond motifs is 1. The number of carbonyl (C=O) groups is 2. The van der Waals surface area contributed by atoms with Gasteiger partial charge in [-0.15, -0.1) is 0 Å². The van der Waals surface area contributed by atoms with Crippen LogP contribution in [0.15, 0.2) is 33.9 Å². The SMILES string of the molecule is CC(C)(C)C(=O)Cn1c(=O)n(CC2CCC(C(=O)NC3CCCC3)CC2)c(=O)c2ccccc21. The van der Waals surface area contributed by atoms with E-state index >= 15 is 0 Å². The van der Waals surface area contributed by atoms with E-state index in [0.717, 1.165) is 38.5 Å². The van der Waals surface area contributed by atoms with Gasteiger partial charge in [0.15, 0.2) is 5.78 Å². The van der Waals surface area contributed by atoms with Crippen molar-refractivity contribution in [2.45, 2.75) is 91.3 Å². The van der Waals surface area contributed by atoms with Gasteiger partial charge in [-0.2, -0.15) is 0 Å². The third kappa shape index (κ3) is 5.18. The summed E-state index contributed by atoms with van der Waals surface area (Å²) < 4.78 is 2.76. The summed E-state index contributed by atoms with van der Waals surface area (Å²) in [5, 5.41) is 3.66. The molecule has 1 aromatic carbocycles. The van der Waals surface area contributed by atoms with Gasteiger partial charge in [0.2, 0.25) is 5.91 Å². The van der Waals surface area contributed by atoms with E-state index in [9.17, 15) is 19.2 Å². The number of hydrogen-bond acceptors (Lipinski definition) is 4. The van der Waals surface area contributed by atoms with Crippen molar-refractivity contribution >= 4 is 22.6 Å². The third-order valence-corrected chi connectivity index (χ3v) is 7.63. The number of Topliss-reactive ketones (excluding diaryl/α,β-unsaturated/α-hetero) is 1. The fourth-order valence-corrected chi connectivity index (χ4v) is 5.32. The summed E-state index contributed by atoms with van der Waals surface area (Å²) in [6.45, 7) is 5.76. The van der Waals surface area contributed by atoms with Crippen molar-refractivity contribution in [2.75, 3.05) is 0 Å². The number of aromatic nitrogens is 2. The molecule has 7 heteroatoms. The smallest absolute Gasteiger partial charge is 0.331 e. The minimum Gasteiger partial charge on any atom is -0.353 e. The van der Waals surface area contributed by atoms with Crippen LogP contribution in [0.2, 0.25) is 0 Å². The van der Waals surface area contributed by atoms with Gasteiger partial charge in [-0.3, -0.25) is 23.5 Å². The van der Waals surface area contributed by atoms with Gasteiger partial charge in [-0.25, -0.2) is 4.79 Å². The van der Waals surface area contributed by atoms with Crippen molar-refractivity contribution in [3.8, 4) is 0 Å². The van der Waals surface area contributed by atoms with Crippen molar-refractivity contribution in [3.63, 3.8) is 0 Å². The van der Waals surface area contributed by atoms with Crippen LogP contribution < -0.4 is 16.6 Å². The fourth-order valence-electron chi connectivity index (χ4n) is 5.32. The molecule has 2 aliphatic rings. The Morgan fingerprint density at radius 3 is 2.24 bits per heavy atom. The number of ketones is 1. The first-order valence-corrected chi connectivity index (χ1v) is 12.7. The topological polar surface area (TPSA) is 90.2 Å². The Bertz CT molecular complexity index is 1170. The van der Waals surface area contributed by atoms with E-state index in [1.165, 1.54) is 22.0 Å². The van der Waals surface area contributed by atoms with Gasteiger partial charge in [0.1, 0.15) is 0 Å². The van der Waals surface area contributed by atoms with Crippen LogP contribution in [0.4, 0.5) is 0 Å². The molecule has 0 atom stereocenters. The van der Waals surface area contributed by atoms with Gasteiger partial charge in [0.25, 0.3) is 5.56 Å². The zero-order valence-electron chi connectivity index (χ0n) is 20.6. The molecule has 7 nitrogen and oxygen atoms in total. The Morgan fingerprint density at radius 1 is 0.941 bits per heavy atom. The molecule has 184 valence electrons. The van der Waals surface area contributed by atoms with E-state index in [4.69, 9.17) is 0 Å². The number of amides is 1. The molecular weight excluding hydrogens is 430 g/mol. The van der Waals surface area contributed by atoms with Crippen molar-refractivity contribution in [2.24, 2.45) is 17.3 Å². The predicted octanol–water partition coefficient (Wildman–Crippen LogP) is 3.64. The van der Waals surface area contributed by atoms with Crippen LogP contribution in [0.3, 0.4) is 0 Å². The zero-order chi connectivity index (χ0) is 24.5. The number of para-hydroxylation sites is 1. The minimum atomic E-state index is -0.584. The van der Waals surface area contributed by atoms with E-state index in [2.05, 4.69) is 5.32 Å². The maximum atomic E-state index is 13.4. The molecule has 34 heavy (non-hydrogen) atoms. The van der Waals surface area contributed by atoms with Gasteiger partial charge >= 0.3 is 5.69 Å². The third-order valence-electron chi connectivity index (χ3n) is 7.63. The molecule has 1 amide bonds. The van der Waals surface area contributed by atoms with Crippen LogP contribution in [0.25, 0.3) is 10.9 Å². The second kappa shape index (κ2) is 9.88. The Hall–Kier alpha value is -2.70. The summed E-state index contributed by atoms with van der Waals surface area (Å²) in [6, 6.07) is 7.34. The Balaban J connectivity index is 1.52. The lowest BCUT2D eigenvalue weighted by atomic mass is 9.81. The summed E-state index contributed by atoms with van der Waals surface area (Å²) in [4.78, 5) is 52.0. The van der Waals surface area contributed by atoms with E-state index in [1.54, 1.807) is 24.3 Å². The second-order valence-electron chi connectivity index (χ2n) is 11.2. The number of benzene rings is 1. The molecule has 0 saturated heterocycles. The van der Waals surface area contributed by atoms with E-state index < -0.39 is 11.1 Å².